The van der Waals surface area contributed by atoms with Crippen LogP contribution in [0.2, 0.25) is 0 Å². The lowest BCUT2D eigenvalue weighted by Gasteiger charge is -2.21. The molecule has 2 N–H and O–H groups in total. The van der Waals surface area contributed by atoms with Gasteiger partial charge in [-0.2, -0.15) is 0 Å². The average molecular weight is 631 g/mol. The number of halogens is 1. The van der Waals surface area contributed by atoms with E-state index in [2.05, 4.69) is 15.0 Å². The van der Waals surface area contributed by atoms with E-state index >= 15 is 0 Å². The third-order valence-corrected chi connectivity index (χ3v) is 8.86. The summed E-state index contributed by atoms with van der Waals surface area (Å²) in [5, 5.41) is 3.11. The van der Waals surface area contributed by atoms with Gasteiger partial charge in [-0.15, -0.1) is 0 Å². The summed E-state index contributed by atoms with van der Waals surface area (Å²) < 4.78 is 55.8. The van der Waals surface area contributed by atoms with Gasteiger partial charge < -0.3 is 18.9 Å². The molecule has 4 aromatic carbocycles. The standard InChI is InChI=1S/C32H27FN4O5S2/c1-34-31(38)29-24-16-23(19-6-5-7-20(14-19)32-35-25-13-12-22(36-43-3)15-28(25)42-32)26(37(2)44(4,39)40)17-27(24)41-30(29)18-8-10-21(33)11-9-18/h5-17,36H,1-4H3,(H,34,38). The molecular formula is C32H27FN4O5S2. The number of hydrogen-bond donors (Lipinski definition) is 2. The number of rotatable bonds is 8. The van der Waals surface area contributed by atoms with Crippen molar-refractivity contribution in [3.05, 3.63) is 90.2 Å². The molecule has 0 saturated carbocycles. The fourth-order valence-electron chi connectivity index (χ4n) is 5.01. The number of carbonyl (C=O) groups is 1. The second-order valence-electron chi connectivity index (χ2n) is 10.1. The van der Waals surface area contributed by atoms with E-state index in [1.165, 1.54) is 50.3 Å². The predicted molar refractivity (Wildman–Crippen MR) is 174 cm³/mol. The molecule has 0 spiro atoms. The molecule has 1 amide bonds. The number of nitrogens with zero attached hydrogens (tertiary/aromatic N) is 2. The minimum Gasteiger partial charge on any atom is -0.455 e. The van der Waals surface area contributed by atoms with Gasteiger partial charge in [0.05, 0.1) is 17.5 Å². The molecule has 44 heavy (non-hydrogen) atoms. The second kappa shape index (κ2) is 11.4. The Hall–Kier alpha value is -4.81. The van der Waals surface area contributed by atoms with Crippen molar-refractivity contribution in [2.45, 2.75) is 0 Å². The van der Waals surface area contributed by atoms with E-state index in [1.54, 1.807) is 12.1 Å². The first kappa shape index (κ1) is 29.3. The van der Waals surface area contributed by atoms with Gasteiger partial charge in [-0.25, -0.2) is 17.8 Å². The Morgan fingerprint density at radius 3 is 2.39 bits per heavy atom. The van der Waals surface area contributed by atoms with Crippen LogP contribution >= 0.6 is 11.9 Å². The van der Waals surface area contributed by atoms with Crippen molar-refractivity contribution in [1.82, 2.24) is 10.3 Å². The minimum absolute atomic E-state index is 0.236. The highest BCUT2D eigenvalue weighted by Crippen LogP contribution is 2.42. The molecule has 2 aromatic heterocycles. The van der Waals surface area contributed by atoms with Crippen LogP contribution in [0.3, 0.4) is 0 Å². The van der Waals surface area contributed by atoms with Gasteiger partial charge in [-0.05, 0) is 60.2 Å². The predicted octanol–water partition coefficient (Wildman–Crippen LogP) is 7.16. The van der Waals surface area contributed by atoms with E-state index in [4.69, 9.17) is 8.83 Å². The van der Waals surface area contributed by atoms with Crippen molar-refractivity contribution in [3.63, 3.8) is 0 Å². The largest absolute Gasteiger partial charge is 0.455 e. The highest BCUT2D eigenvalue weighted by Gasteiger charge is 2.26. The Bertz CT molecular complexity index is 2160. The fraction of sp³-hybridized carbons (Fsp3) is 0.125. The molecule has 12 heteroatoms. The van der Waals surface area contributed by atoms with E-state index in [9.17, 15) is 17.6 Å². The molecule has 6 rings (SSSR count). The highest BCUT2D eigenvalue weighted by molar-refractivity contribution is 7.99. The molecule has 0 bridgehead atoms. The molecule has 9 nitrogen and oxygen atoms in total. The lowest BCUT2D eigenvalue weighted by Crippen LogP contribution is -2.25. The van der Waals surface area contributed by atoms with Gasteiger partial charge in [-0.3, -0.25) is 9.10 Å². The van der Waals surface area contributed by atoms with Crippen molar-refractivity contribution in [2.75, 3.05) is 35.6 Å². The maximum atomic E-state index is 13.7. The monoisotopic (exact) mass is 630 g/mol. The van der Waals surface area contributed by atoms with Gasteiger partial charge in [0.25, 0.3) is 5.91 Å². The number of benzene rings is 4. The van der Waals surface area contributed by atoms with Crippen LogP contribution < -0.4 is 14.3 Å². The van der Waals surface area contributed by atoms with Crippen molar-refractivity contribution in [3.8, 4) is 33.9 Å². The lowest BCUT2D eigenvalue weighted by molar-refractivity contribution is 0.0964. The average Bonchev–Trinajstić information content (AvgIpc) is 3.61. The number of anilines is 2. The Labute approximate surface area is 257 Å². The SMILES string of the molecule is CNC(=O)c1c(-c2ccc(F)cc2)oc2cc(N(C)S(C)(=O)=O)c(-c3cccc(-c4nc5ccc(NSC)cc5o4)c3)cc12. The van der Waals surface area contributed by atoms with Crippen molar-refractivity contribution in [1.29, 1.82) is 0 Å². The molecular weight excluding hydrogens is 604 g/mol. The van der Waals surface area contributed by atoms with Crippen LogP contribution in [-0.4, -0.2) is 45.9 Å². The van der Waals surface area contributed by atoms with Gasteiger partial charge in [0.15, 0.2) is 5.58 Å². The molecule has 2 heterocycles. The summed E-state index contributed by atoms with van der Waals surface area (Å²) in [7, 11) is -0.734. The number of nitrogens with one attached hydrogen (secondary N) is 2. The quantitative estimate of drug-likeness (QED) is 0.170. The summed E-state index contributed by atoms with van der Waals surface area (Å²) in [6.45, 7) is 0. The van der Waals surface area contributed by atoms with Crippen LogP contribution in [0.5, 0.6) is 0 Å². The van der Waals surface area contributed by atoms with E-state index in [-0.39, 0.29) is 11.3 Å². The Kier molecular flexibility index (Phi) is 7.56. The maximum absolute atomic E-state index is 13.7. The molecule has 0 radical (unpaired) electrons. The minimum atomic E-state index is -3.69. The van der Waals surface area contributed by atoms with Crippen molar-refractivity contribution in [2.24, 2.45) is 0 Å². The van der Waals surface area contributed by atoms with Gasteiger partial charge >= 0.3 is 0 Å². The lowest BCUT2D eigenvalue weighted by atomic mass is 9.97. The summed E-state index contributed by atoms with van der Waals surface area (Å²) >= 11 is 1.47. The zero-order valence-electron chi connectivity index (χ0n) is 24.1. The molecule has 6 aromatic rings. The van der Waals surface area contributed by atoms with Crippen LogP contribution in [0.25, 0.3) is 56.0 Å². The summed E-state index contributed by atoms with van der Waals surface area (Å²) in [5.74, 6) is -0.203. The normalized spacial score (nSPS) is 11.7. The molecule has 0 aliphatic carbocycles. The van der Waals surface area contributed by atoms with E-state index < -0.39 is 21.7 Å². The third kappa shape index (κ3) is 5.38. The third-order valence-electron chi connectivity index (χ3n) is 7.23. The van der Waals surface area contributed by atoms with Crippen LogP contribution in [0, 0.1) is 5.82 Å². The first-order valence-corrected chi connectivity index (χ1v) is 16.5. The van der Waals surface area contributed by atoms with Crippen LogP contribution in [0.15, 0.2) is 87.7 Å². The summed E-state index contributed by atoms with van der Waals surface area (Å²) in [5.41, 5.74) is 5.44. The van der Waals surface area contributed by atoms with Crippen molar-refractivity contribution < 1.29 is 26.4 Å². The number of sulfonamides is 1. The summed E-state index contributed by atoms with van der Waals surface area (Å²) in [6, 6.07) is 22.0. The first-order chi connectivity index (χ1) is 21.1. The van der Waals surface area contributed by atoms with Gasteiger partial charge in [-0.1, -0.05) is 24.1 Å². The van der Waals surface area contributed by atoms with Crippen LogP contribution in [-0.2, 0) is 10.0 Å². The van der Waals surface area contributed by atoms with E-state index in [0.29, 0.717) is 55.9 Å². The fourth-order valence-corrected chi connectivity index (χ4v) is 5.88. The van der Waals surface area contributed by atoms with Crippen LogP contribution in [0.1, 0.15) is 10.4 Å². The second-order valence-corrected chi connectivity index (χ2v) is 12.7. The topological polar surface area (TPSA) is 118 Å². The molecule has 0 aliphatic heterocycles. The van der Waals surface area contributed by atoms with Gasteiger partial charge in [0.1, 0.15) is 22.7 Å². The van der Waals surface area contributed by atoms with E-state index in [1.807, 2.05) is 48.7 Å². The van der Waals surface area contributed by atoms with Gasteiger partial charge in [0, 0.05) is 60.2 Å². The number of aromatic nitrogens is 1. The highest BCUT2D eigenvalue weighted by atomic mass is 32.2. The summed E-state index contributed by atoms with van der Waals surface area (Å²) in [6.07, 6.45) is 3.04. The number of fused-ring (bicyclic) bond motifs is 2. The molecule has 0 unspecified atom stereocenters. The first-order valence-electron chi connectivity index (χ1n) is 13.4. The van der Waals surface area contributed by atoms with Crippen molar-refractivity contribution >= 4 is 61.3 Å². The number of hydrogen-bond acceptors (Lipinski definition) is 8. The maximum Gasteiger partial charge on any atom is 0.255 e. The number of carbonyl (C=O) groups excluding carboxylic acids is 1. The van der Waals surface area contributed by atoms with Gasteiger partial charge in [0.2, 0.25) is 15.9 Å². The molecule has 0 saturated heterocycles. The Morgan fingerprint density at radius 2 is 1.68 bits per heavy atom. The Morgan fingerprint density at radius 1 is 0.932 bits per heavy atom. The zero-order valence-corrected chi connectivity index (χ0v) is 25.8. The number of amides is 1. The molecule has 0 fully saturated rings. The number of oxazole rings is 1. The summed E-state index contributed by atoms with van der Waals surface area (Å²) in [4.78, 5) is 17.8. The zero-order chi connectivity index (χ0) is 31.2. The van der Waals surface area contributed by atoms with E-state index in [0.717, 1.165) is 16.2 Å². The number of furan rings is 1. The molecule has 0 atom stereocenters. The molecule has 0 aliphatic rings. The van der Waals surface area contributed by atoms with Crippen LogP contribution in [0.4, 0.5) is 15.8 Å². The Balaban J connectivity index is 1.56. The molecule has 224 valence electrons. The smallest absolute Gasteiger partial charge is 0.255 e.